The monoisotopic (exact) mass is 318 g/mol. The number of hydrogen-bond acceptors (Lipinski definition) is 3. The van der Waals surface area contributed by atoms with E-state index in [1.54, 1.807) is 6.07 Å². The number of carbonyl (C=O) groups excluding carboxylic acids is 1. The van der Waals surface area contributed by atoms with Crippen LogP contribution in [0.15, 0.2) is 12.1 Å². The summed E-state index contributed by atoms with van der Waals surface area (Å²) in [5.41, 5.74) is 0. The second kappa shape index (κ2) is 7.50. The fraction of sp³-hybridized carbons (Fsp3) is 0.538. The van der Waals surface area contributed by atoms with Crippen molar-refractivity contribution < 1.29 is 14.7 Å². The van der Waals surface area contributed by atoms with Gasteiger partial charge in [-0.05, 0) is 31.4 Å². The normalized spacial score (nSPS) is 13.8. The second-order valence-electron chi connectivity index (χ2n) is 5.00. The minimum atomic E-state index is -1.03. The van der Waals surface area contributed by atoms with Gasteiger partial charge in [0.2, 0.25) is 0 Å². The van der Waals surface area contributed by atoms with Gasteiger partial charge in [0.25, 0.3) is 0 Å². The van der Waals surface area contributed by atoms with E-state index in [-0.39, 0.29) is 12.0 Å². The third-order valence-electron chi connectivity index (χ3n) is 2.68. The van der Waals surface area contributed by atoms with Crippen molar-refractivity contribution >= 4 is 34.9 Å². The van der Waals surface area contributed by atoms with Crippen LogP contribution >= 0.6 is 22.9 Å². The largest absolute Gasteiger partial charge is 0.480 e. The number of rotatable bonds is 6. The maximum absolute atomic E-state index is 11.8. The Hall–Kier alpha value is -1.27. The van der Waals surface area contributed by atoms with Crippen LogP contribution in [0.3, 0.4) is 0 Å². The van der Waals surface area contributed by atoms with Gasteiger partial charge in [-0.3, -0.25) is 0 Å². The number of urea groups is 1. The van der Waals surface area contributed by atoms with Crippen molar-refractivity contribution in [3.05, 3.63) is 21.3 Å². The van der Waals surface area contributed by atoms with E-state index in [1.807, 2.05) is 26.8 Å². The molecule has 7 heteroatoms. The van der Waals surface area contributed by atoms with Crippen LogP contribution in [0.5, 0.6) is 0 Å². The van der Waals surface area contributed by atoms with Crippen molar-refractivity contribution in [2.45, 2.75) is 39.3 Å². The minimum Gasteiger partial charge on any atom is -0.480 e. The third-order valence-corrected chi connectivity index (χ3v) is 4.09. The first-order chi connectivity index (χ1) is 9.29. The fourth-order valence-corrected chi connectivity index (χ4v) is 2.78. The molecule has 3 N–H and O–H groups in total. The Bertz CT molecular complexity index is 476. The van der Waals surface area contributed by atoms with Crippen LogP contribution in [0.2, 0.25) is 4.34 Å². The molecule has 0 saturated heterocycles. The molecule has 0 radical (unpaired) electrons. The van der Waals surface area contributed by atoms with Crippen LogP contribution in [0.25, 0.3) is 0 Å². The topological polar surface area (TPSA) is 78.4 Å². The van der Waals surface area contributed by atoms with Gasteiger partial charge in [0, 0.05) is 4.88 Å². The van der Waals surface area contributed by atoms with Crippen molar-refractivity contribution in [3.8, 4) is 0 Å². The predicted molar refractivity (Wildman–Crippen MR) is 80.3 cm³/mol. The Labute approximate surface area is 127 Å². The average molecular weight is 319 g/mol. The molecule has 0 saturated carbocycles. The summed E-state index contributed by atoms with van der Waals surface area (Å²) in [4.78, 5) is 23.8. The zero-order chi connectivity index (χ0) is 15.3. The van der Waals surface area contributed by atoms with Crippen LogP contribution in [0, 0.1) is 5.92 Å². The molecule has 0 aliphatic heterocycles. The summed E-state index contributed by atoms with van der Waals surface area (Å²) in [5, 5.41) is 14.3. The maximum Gasteiger partial charge on any atom is 0.326 e. The molecule has 0 aliphatic carbocycles. The van der Waals surface area contributed by atoms with Gasteiger partial charge < -0.3 is 15.7 Å². The first-order valence-corrected chi connectivity index (χ1v) is 7.54. The highest BCUT2D eigenvalue weighted by atomic mass is 35.5. The van der Waals surface area contributed by atoms with E-state index in [0.717, 1.165) is 4.88 Å². The summed E-state index contributed by atoms with van der Waals surface area (Å²) in [6.45, 7) is 5.64. The molecule has 2 atom stereocenters. The van der Waals surface area contributed by atoms with Crippen molar-refractivity contribution in [1.29, 1.82) is 0 Å². The number of carboxylic acids is 1. The maximum atomic E-state index is 11.8. The number of carboxylic acid groups (broad SMARTS) is 1. The van der Waals surface area contributed by atoms with E-state index in [1.165, 1.54) is 11.3 Å². The van der Waals surface area contributed by atoms with Gasteiger partial charge in [-0.1, -0.05) is 25.4 Å². The Morgan fingerprint density at radius 3 is 2.40 bits per heavy atom. The summed E-state index contributed by atoms with van der Waals surface area (Å²) in [6, 6.07) is 2.00. The minimum absolute atomic E-state index is 0.185. The molecule has 5 nitrogen and oxygen atoms in total. The zero-order valence-electron chi connectivity index (χ0n) is 11.6. The molecule has 0 spiro atoms. The van der Waals surface area contributed by atoms with Crippen LogP contribution in [-0.4, -0.2) is 23.1 Å². The summed E-state index contributed by atoms with van der Waals surface area (Å²) in [7, 11) is 0. The van der Waals surface area contributed by atoms with Crippen molar-refractivity contribution in [2.75, 3.05) is 0 Å². The first kappa shape index (κ1) is 16.8. The van der Waals surface area contributed by atoms with Crippen LogP contribution in [0.1, 0.15) is 38.1 Å². The van der Waals surface area contributed by atoms with Gasteiger partial charge >= 0.3 is 12.0 Å². The number of thiophene rings is 1. The molecule has 0 aliphatic rings. The number of amides is 2. The molecule has 20 heavy (non-hydrogen) atoms. The number of carbonyl (C=O) groups is 2. The summed E-state index contributed by atoms with van der Waals surface area (Å²) in [5.74, 6) is -0.842. The Morgan fingerprint density at radius 1 is 1.30 bits per heavy atom. The number of hydrogen-bond donors (Lipinski definition) is 3. The highest BCUT2D eigenvalue weighted by Gasteiger charge is 2.22. The molecular weight excluding hydrogens is 300 g/mol. The number of nitrogens with one attached hydrogen (secondary N) is 2. The van der Waals surface area contributed by atoms with Gasteiger partial charge in [-0.15, -0.1) is 11.3 Å². The molecule has 0 bridgehead atoms. The first-order valence-electron chi connectivity index (χ1n) is 6.34. The molecule has 1 aromatic rings. The fourth-order valence-electron chi connectivity index (χ4n) is 1.72. The van der Waals surface area contributed by atoms with Crippen LogP contribution in [-0.2, 0) is 4.79 Å². The smallest absolute Gasteiger partial charge is 0.326 e. The molecule has 112 valence electrons. The Balaban J connectivity index is 2.55. The SMILES string of the molecule is CC(C)C[C@@H](NC(=O)NC(C)c1ccc(Cl)s1)C(=O)O. The van der Waals surface area contributed by atoms with Gasteiger partial charge in [0.15, 0.2) is 0 Å². The lowest BCUT2D eigenvalue weighted by Crippen LogP contribution is -2.47. The Kier molecular flexibility index (Phi) is 6.29. The van der Waals surface area contributed by atoms with E-state index < -0.39 is 18.0 Å². The molecule has 1 heterocycles. The van der Waals surface area contributed by atoms with E-state index >= 15 is 0 Å². The van der Waals surface area contributed by atoms with Crippen LogP contribution in [0.4, 0.5) is 4.79 Å². The van der Waals surface area contributed by atoms with Crippen molar-refractivity contribution in [3.63, 3.8) is 0 Å². The number of halogens is 1. The predicted octanol–water partition coefficient (Wildman–Crippen LogP) is 3.26. The van der Waals surface area contributed by atoms with E-state index in [9.17, 15) is 9.59 Å². The zero-order valence-corrected chi connectivity index (χ0v) is 13.2. The van der Waals surface area contributed by atoms with Gasteiger partial charge in [0.05, 0.1) is 10.4 Å². The molecule has 1 aromatic heterocycles. The highest BCUT2D eigenvalue weighted by molar-refractivity contribution is 7.16. The molecule has 0 fully saturated rings. The summed E-state index contributed by atoms with van der Waals surface area (Å²) >= 11 is 7.22. The van der Waals surface area contributed by atoms with Crippen LogP contribution < -0.4 is 10.6 Å². The lowest BCUT2D eigenvalue weighted by molar-refractivity contribution is -0.139. The molecule has 1 unspecified atom stereocenters. The average Bonchev–Trinajstić information content (AvgIpc) is 2.74. The molecule has 0 aromatic carbocycles. The van der Waals surface area contributed by atoms with E-state index in [0.29, 0.717) is 10.8 Å². The van der Waals surface area contributed by atoms with Crippen molar-refractivity contribution in [2.24, 2.45) is 5.92 Å². The van der Waals surface area contributed by atoms with Crippen molar-refractivity contribution in [1.82, 2.24) is 10.6 Å². The third kappa shape index (κ3) is 5.38. The lowest BCUT2D eigenvalue weighted by Gasteiger charge is -2.19. The second-order valence-corrected chi connectivity index (χ2v) is 6.75. The summed E-state index contributed by atoms with van der Waals surface area (Å²) < 4.78 is 0.650. The molecule has 1 rings (SSSR count). The quantitative estimate of drug-likeness (QED) is 0.753. The van der Waals surface area contributed by atoms with Gasteiger partial charge in [-0.25, -0.2) is 9.59 Å². The number of aliphatic carboxylic acids is 1. The molecular formula is C13H19ClN2O3S. The van der Waals surface area contributed by atoms with E-state index in [4.69, 9.17) is 16.7 Å². The molecule has 2 amide bonds. The van der Waals surface area contributed by atoms with Gasteiger partial charge in [0.1, 0.15) is 6.04 Å². The van der Waals surface area contributed by atoms with Gasteiger partial charge in [-0.2, -0.15) is 0 Å². The Morgan fingerprint density at radius 2 is 1.95 bits per heavy atom. The standard InChI is InChI=1S/C13H19ClN2O3S/c1-7(2)6-9(12(17)18)16-13(19)15-8(3)10-4-5-11(14)20-10/h4-5,7-9H,6H2,1-3H3,(H,17,18)(H2,15,16,19)/t8?,9-/m1/s1. The lowest BCUT2D eigenvalue weighted by atomic mass is 10.0. The highest BCUT2D eigenvalue weighted by Crippen LogP contribution is 2.26. The summed E-state index contributed by atoms with van der Waals surface area (Å²) in [6.07, 6.45) is 0.391. The van der Waals surface area contributed by atoms with E-state index in [2.05, 4.69) is 10.6 Å².